The fourth-order valence-electron chi connectivity index (χ4n) is 1.88. The first-order chi connectivity index (χ1) is 7.87. The topological polar surface area (TPSA) is 45.6 Å². The first kappa shape index (κ1) is 12.6. The molecule has 1 aliphatic heterocycles. The van der Waals surface area contributed by atoms with Crippen molar-refractivity contribution in [3.63, 3.8) is 0 Å². The van der Waals surface area contributed by atoms with Crippen LogP contribution in [0.5, 0.6) is 0 Å². The Morgan fingerprint density at radius 1 is 1.53 bits per heavy atom. The Kier molecular flexibility index (Phi) is 3.30. The number of hydrogen-bond acceptors (Lipinski definition) is 4. The quantitative estimate of drug-likeness (QED) is 0.651. The lowest BCUT2D eigenvalue weighted by Gasteiger charge is -2.31. The summed E-state index contributed by atoms with van der Waals surface area (Å²) in [5.74, 6) is 0. The molecule has 0 saturated heterocycles. The van der Waals surface area contributed by atoms with Crippen LogP contribution >= 0.6 is 11.6 Å². The Morgan fingerprint density at radius 2 is 2.24 bits per heavy atom. The molecule has 0 fully saturated rings. The average molecular weight is 257 g/mol. The van der Waals surface area contributed by atoms with Crippen molar-refractivity contribution in [1.82, 2.24) is 4.98 Å². The van der Waals surface area contributed by atoms with Crippen LogP contribution in [0.1, 0.15) is 26.3 Å². The molecule has 1 N–H and O–H groups in total. The average Bonchev–Trinajstić information content (AvgIpc) is 2.57. The van der Waals surface area contributed by atoms with E-state index in [0.29, 0.717) is 11.7 Å². The zero-order chi connectivity index (χ0) is 12.6. The van der Waals surface area contributed by atoms with Crippen LogP contribution in [-0.4, -0.2) is 28.7 Å². The van der Waals surface area contributed by atoms with Crippen molar-refractivity contribution >= 4 is 17.3 Å². The summed E-state index contributed by atoms with van der Waals surface area (Å²) in [6.45, 7) is 6.45. The van der Waals surface area contributed by atoms with Crippen molar-refractivity contribution in [2.45, 2.75) is 39.2 Å². The van der Waals surface area contributed by atoms with E-state index in [1.54, 1.807) is 17.2 Å². The van der Waals surface area contributed by atoms with Crippen LogP contribution in [-0.2, 0) is 11.2 Å². The minimum absolute atomic E-state index is 0.390. The monoisotopic (exact) mass is 256 g/mol. The molecule has 0 spiro atoms. The van der Waals surface area contributed by atoms with Crippen molar-refractivity contribution in [2.75, 3.05) is 11.4 Å². The summed E-state index contributed by atoms with van der Waals surface area (Å²) in [4.78, 5) is 5.84. The maximum absolute atomic E-state index is 10.1. The molecule has 17 heavy (non-hydrogen) atoms. The van der Waals surface area contributed by atoms with Crippen LogP contribution in [0.4, 0.5) is 5.69 Å². The molecule has 4 nitrogen and oxygen atoms in total. The third-order valence-electron chi connectivity index (χ3n) is 2.59. The summed E-state index contributed by atoms with van der Waals surface area (Å²) in [5.41, 5.74) is 1.60. The third-order valence-corrected chi connectivity index (χ3v) is 2.79. The minimum atomic E-state index is -0.949. The van der Waals surface area contributed by atoms with Crippen LogP contribution < -0.4 is 4.90 Å². The predicted molar refractivity (Wildman–Crippen MR) is 67.1 cm³/mol. The number of fused-ring (bicyclic) bond motifs is 1. The number of halogens is 1. The molecule has 0 saturated carbocycles. The molecular weight excluding hydrogens is 240 g/mol. The summed E-state index contributed by atoms with van der Waals surface area (Å²) in [6.07, 6.45) is 1.65. The number of anilines is 1. The van der Waals surface area contributed by atoms with Gasteiger partial charge in [-0.15, -0.1) is 0 Å². The lowest BCUT2D eigenvalue weighted by atomic mass is 10.2. The van der Waals surface area contributed by atoms with Crippen molar-refractivity contribution in [2.24, 2.45) is 0 Å². The van der Waals surface area contributed by atoms with Gasteiger partial charge in [0.2, 0.25) is 6.41 Å². The van der Waals surface area contributed by atoms with E-state index in [2.05, 4.69) is 4.98 Å². The van der Waals surface area contributed by atoms with Gasteiger partial charge in [0.05, 0.1) is 5.60 Å². The molecular formula is C12H17ClN2O2. The number of aromatic nitrogens is 1. The Morgan fingerprint density at radius 3 is 2.88 bits per heavy atom. The van der Waals surface area contributed by atoms with Crippen LogP contribution in [0.25, 0.3) is 0 Å². The van der Waals surface area contributed by atoms with Crippen LogP contribution in [0.3, 0.4) is 0 Å². The molecule has 0 aromatic carbocycles. The maximum atomic E-state index is 10.1. The van der Waals surface area contributed by atoms with Gasteiger partial charge >= 0.3 is 0 Å². The van der Waals surface area contributed by atoms with E-state index in [0.717, 1.165) is 17.7 Å². The molecule has 2 heterocycles. The predicted octanol–water partition coefficient (Wildman–Crippen LogP) is 2.19. The first-order valence-corrected chi connectivity index (χ1v) is 6.01. The van der Waals surface area contributed by atoms with Gasteiger partial charge in [0.15, 0.2) is 0 Å². The van der Waals surface area contributed by atoms with E-state index >= 15 is 0 Å². The molecule has 0 radical (unpaired) electrons. The van der Waals surface area contributed by atoms with E-state index in [1.165, 1.54) is 0 Å². The normalized spacial score (nSPS) is 17.1. The molecule has 0 bridgehead atoms. The standard InChI is InChI=1S/C12H17ClN2O2/c1-12(2,3)17-11(16)15-5-4-8-7-14-10(13)6-9(8)15/h6-7,11,16H,4-5H2,1-3H3. The molecule has 5 heteroatoms. The third kappa shape index (κ3) is 2.89. The highest BCUT2D eigenvalue weighted by molar-refractivity contribution is 6.29. The van der Waals surface area contributed by atoms with E-state index in [1.807, 2.05) is 20.8 Å². The molecule has 0 aliphatic carbocycles. The van der Waals surface area contributed by atoms with Gasteiger partial charge in [0.1, 0.15) is 5.15 Å². The van der Waals surface area contributed by atoms with Crippen LogP contribution in [0.15, 0.2) is 12.3 Å². The fraction of sp³-hybridized carbons (Fsp3) is 0.583. The lowest BCUT2D eigenvalue weighted by molar-refractivity contribution is -0.164. The molecule has 2 rings (SSSR count). The van der Waals surface area contributed by atoms with Gasteiger partial charge in [-0.2, -0.15) is 0 Å². The smallest absolute Gasteiger partial charge is 0.238 e. The highest BCUT2D eigenvalue weighted by atomic mass is 35.5. The molecule has 1 unspecified atom stereocenters. The Bertz CT molecular complexity index is 417. The SMILES string of the molecule is CC(C)(C)OC(O)N1CCc2cnc(Cl)cc21. The maximum Gasteiger partial charge on any atom is 0.238 e. The second-order valence-electron chi connectivity index (χ2n) is 5.14. The zero-order valence-corrected chi connectivity index (χ0v) is 11.0. The highest BCUT2D eigenvalue weighted by Crippen LogP contribution is 2.31. The van der Waals surface area contributed by atoms with Gasteiger partial charge in [0, 0.05) is 18.4 Å². The highest BCUT2D eigenvalue weighted by Gasteiger charge is 2.28. The number of hydrogen-bond donors (Lipinski definition) is 1. The van der Waals surface area contributed by atoms with Gasteiger partial charge in [-0.05, 0) is 38.8 Å². The van der Waals surface area contributed by atoms with Gasteiger partial charge in [-0.25, -0.2) is 4.98 Å². The fourth-order valence-corrected chi connectivity index (χ4v) is 2.03. The second-order valence-corrected chi connectivity index (χ2v) is 5.52. The largest absolute Gasteiger partial charge is 0.351 e. The number of pyridine rings is 1. The number of aliphatic hydroxyl groups is 1. The van der Waals surface area contributed by atoms with E-state index in [9.17, 15) is 5.11 Å². The number of aliphatic hydroxyl groups excluding tert-OH is 1. The number of ether oxygens (including phenoxy) is 1. The van der Waals surface area contributed by atoms with Crippen molar-refractivity contribution in [3.8, 4) is 0 Å². The zero-order valence-electron chi connectivity index (χ0n) is 10.3. The molecule has 1 aromatic rings. The molecule has 1 atom stereocenters. The van der Waals surface area contributed by atoms with Gasteiger partial charge in [-0.3, -0.25) is 0 Å². The lowest BCUT2D eigenvalue weighted by Crippen LogP contribution is -2.41. The Hall–Kier alpha value is -0.840. The van der Waals surface area contributed by atoms with Crippen LogP contribution in [0.2, 0.25) is 5.15 Å². The van der Waals surface area contributed by atoms with E-state index in [4.69, 9.17) is 16.3 Å². The first-order valence-electron chi connectivity index (χ1n) is 5.64. The van der Waals surface area contributed by atoms with Gasteiger partial charge in [-0.1, -0.05) is 11.6 Å². The summed E-state index contributed by atoms with van der Waals surface area (Å²) >= 11 is 5.87. The Balaban J connectivity index is 2.18. The number of nitrogens with zero attached hydrogens (tertiary/aromatic N) is 2. The van der Waals surface area contributed by atoms with Gasteiger partial charge < -0.3 is 14.7 Å². The van der Waals surface area contributed by atoms with E-state index in [-0.39, 0.29) is 5.60 Å². The molecule has 0 amide bonds. The molecule has 1 aromatic heterocycles. The van der Waals surface area contributed by atoms with Crippen molar-refractivity contribution in [3.05, 3.63) is 23.0 Å². The summed E-state index contributed by atoms with van der Waals surface area (Å²) in [5, 5.41) is 10.5. The van der Waals surface area contributed by atoms with Gasteiger partial charge in [0.25, 0.3) is 0 Å². The second kappa shape index (κ2) is 4.44. The van der Waals surface area contributed by atoms with Crippen LogP contribution in [0, 0.1) is 0 Å². The summed E-state index contributed by atoms with van der Waals surface area (Å²) in [6, 6.07) is 1.76. The molecule has 94 valence electrons. The minimum Gasteiger partial charge on any atom is -0.351 e. The van der Waals surface area contributed by atoms with E-state index < -0.39 is 6.41 Å². The van der Waals surface area contributed by atoms with Crippen molar-refractivity contribution < 1.29 is 9.84 Å². The molecule has 1 aliphatic rings. The van der Waals surface area contributed by atoms with Crippen molar-refractivity contribution in [1.29, 1.82) is 0 Å². The summed E-state index contributed by atoms with van der Waals surface area (Å²) in [7, 11) is 0. The summed E-state index contributed by atoms with van der Waals surface area (Å²) < 4.78 is 5.54. The number of rotatable bonds is 2. The Labute approximate surface area is 106 Å².